The number of hydrogen-bond donors (Lipinski definition) is 2. The molecule has 10 heteroatoms. The van der Waals surface area contributed by atoms with Crippen LogP contribution >= 0.6 is 11.7 Å². The first-order valence-corrected chi connectivity index (χ1v) is 12.4. The zero-order valence-corrected chi connectivity index (χ0v) is 18.9. The van der Waals surface area contributed by atoms with Crippen LogP contribution in [0.5, 0.6) is 0 Å². The molecule has 164 valence electrons. The third kappa shape index (κ3) is 5.45. The van der Waals surface area contributed by atoms with Gasteiger partial charge in [0.2, 0.25) is 15.9 Å². The van der Waals surface area contributed by atoms with Crippen molar-refractivity contribution in [1.82, 2.24) is 18.4 Å². The summed E-state index contributed by atoms with van der Waals surface area (Å²) >= 11 is 1.12. The van der Waals surface area contributed by atoms with E-state index in [-0.39, 0.29) is 23.3 Å². The van der Waals surface area contributed by atoms with Crippen LogP contribution in [0.25, 0.3) is 11.0 Å². The van der Waals surface area contributed by atoms with Gasteiger partial charge in [-0.15, -0.1) is 0 Å². The number of hydrogen-bond acceptors (Lipinski definition) is 7. The molecular weight excluding hydrogens is 434 g/mol. The van der Waals surface area contributed by atoms with E-state index in [2.05, 4.69) is 23.7 Å². The fraction of sp³-hybridized carbons (Fsp3) is 0.381. The molecule has 0 aliphatic carbocycles. The molecule has 1 fully saturated rings. The van der Waals surface area contributed by atoms with Gasteiger partial charge in [-0.1, -0.05) is 23.8 Å². The first-order valence-electron chi connectivity index (χ1n) is 10.2. The second kappa shape index (κ2) is 9.39. The average Bonchev–Trinajstić information content (AvgIpc) is 3.23. The van der Waals surface area contributed by atoms with E-state index in [0.717, 1.165) is 42.2 Å². The standard InChI is InChI=1S/C21H25N5O3S2/c1-15-7-9-17(10-8-15)31(28,29)22-12-16-4-3-11-26(13-16)14-20(27)23-18-5-2-6-19-21(18)25-30-24-19/h2,5-10,16,22H,3-4,11-14H2,1H3,(H,23,27). The number of piperidine rings is 1. The third-order valence-electron chi connectivity index (χ3n) is 5.42. The van der Waals surface area contributed by atoms with Gasteiger partial charge in [0.05, 0.1) is 28.9 Å². The summed E-state index contributed by atoms with van der Waals surface area (Å²) in [5, 5.41) is 2.93. The van der Waals surface area contributed by atoms with E-state index in [1.165, 1.54) is 0 Å². The number of nitrogens with zero attached hydrogens (tertiary/aromatic N) is 3. The van der Waals surface area contributed by atoms with Gasteiger partial charge in [0.15, 0.2) is 0 Å². The number of anilines is 1. The van der Waals surface area contributed by atoms with Crippen molar-refractivity contribution in [2.45, 2.75) is 24.7 Å². The summed E-state index contributed by atoms with van der Waals surface area (Å²) in [6.07, 6.45) is 1.86. The highest BCUT2D eigenvalue weighted by molar-refractivity contribution is 7.89. The van der Waals surface area contributed by atoms with Gasteiger partial charge in [-0.2, -0.15) is 8.75 Å². The van der Waals surface area contributed by atoms with E-state index in [4.69, 9.17) is 0 Å². The Morgan fingerprint density at radius 2 is 2.00 bits per heavy atom. The molecule has 3 aromatic rings. The lowest BCUT2D eigenvalue weighted by atomic mass is 9.98. The van der Waals surface area contributed by atoms with Gasteiger partial charge in [0.25, 0.3) is 0 Å². The number of aromatic nitrogens is 2. The highest BCUT2D eigenvalue weighted by Crippen LogP contribution is 2.22. The fourth-order valence-corrected chi connectivity index (χ4v) is 5.46. The molecule has 1 amide bonds. The molecule has 0 radical (unpaired) electrons. The highest BCUT2D eigenvalue weighted by atomic mass is 32.2. The van der Waals surface area contributed by atoms with E-state index >= 15 is 0 Å². The number of rotatable bonds is 7. The van der Waals surface area contributed by atoms with E-state index < -0.39 is 10.0 Å². The Labute approximate surface area is 186 Å². The van der Waals surface area contributed by atoms with Crippen LogP contribution in [0.1, 0.15) is 18.4 Å². The molecular formula is C21H25N5O3S2. The molecule has 2 N–H and O–H groups in total. The molecule has 1 aromatic heterocycles. The van der Waals surface area contributed by atoms with Crippen molar-refractivity contribution in [3.8, 4) is 0 Å². The lowest BCUT2D eigenvalue weighted by molar-refractivity contribution is -0.117. The van der Waals surface area contributed by atoms with Gasteiger partial charge in [-0.3, -0.25) is 9.69 Å². The highest BCUT2D eigenvalue weighted by Gasteiger charge is 2.24. The topological polar surface area (TPSA) is 104 Å². The van der Waals surface area contributed by atoms with Crippen LogP contribution in [-0.4, -0.2) is 54.2 Å². The first-order chi connectivity index (χ1) is 14.9. The number of carbonyl (C=O) groups is 1. The molecule has 0 spiro atoms. The van der Waals surface area contributed by atoms with Crippen molar-refractivity contribution in [3.05, 3.63) is 48.0 Å². The Morgan fingerprint density at radius 3 is 2.81 bits per heavy atom. The molecule has 4 rings (SSSR count). The number of benzene rings is 2. The van der Waals surface area contributed by atoms with Crippen LogP contribution in [0.3, 0.4) is 0 Å². The molecule has 0 bridgehead atoms. The lowest BCUT2D eigenvalue weighted by Crippen LogP contribution is -2.43. The van der Waals surface area contributed by atoms with Gasteiger partial charge >= 0.3 is 0 Å². The van der Waals surface area contributed by atoms with E-state index in [9.17, 15) is 13.2 Å². The van der Waals surface area contributed by atoms with Crippen LogP contribution in [-0.2, 0) is 14.8 Å². The van der Waals surface area contributed by atoms with E-state index in [0.29, 0.717) is 24.3 Å². The maximum absolute atomic E-state index is 12.6. The normalized spacial score (nSPS) is 17.6. The Balaban J connectivity index is 1.30. The minimum absolute atomic E-state index is 0.110. The van der Waals surface area contributed by atoms with Crippen LogP contribution in [0.4, 0.5) is 5.69 Å². The summed E-state index contributed by atoms with van der Waals surface area (Å²) < 4.78 is 36.2. The van der Waals surface area contributed by atoms with Gasteiger partial charge in [-0.25, -0.2) is 13.1 Å². The van der Waals surface area contributed by atoms with Crippen molar-refractivity contribution in [2.24, 2.45) is 5.92 Å². The largest absolute Gasteiger partial charge is 0.323 e. The summed E-state index contributed by atoms with van der Waals surface area (Å²) in [5.74, 6) is 0.0503. The van der Waals surface area contributed by atoms with Crippen LogP contribution in [0.15, 0.2) is 47.4 Å². The van der Waals surface area contributed by atoms with Crippen molar-refractivity contribution in [3.63, 3.8) is 0 Å². The quantitative estimate of drug-likeness (QED) is 0.563. The minimum atomic E-state index is -3.53. The predicted molar refractivity (Wildman–Crippen MR) is 122 cm³/mol. The molecule has 2 aromatic carbocycles. The maximum Gasteiger partial charge on any atom is 0.240 e. The maximum atomic E-state index is 12.6. The number of carbonyl (C=O) groups excluding carboxylic acids is 1. The summed E-state index contributed by atoms with van der Waals surface area (Å²) in [5.41, 5.74) is 3.14. The SMILES string of the molecule is Cc1ccc(S(=O)(=O)NCC2CCCN(CC(=O)Nc3cccc4nsnc34)C2)cc1. The van der Waals surface area contributed by atoms with E-state index in [1.807, 2.05) is 25.1 Å². The van der Waals surface area contributed by atoms with Gasteiger partial charge < -0.3 is 5.32 Å². The Hall–Kier alpha value is -2.40. The second-order valence-electron chi connectivity index (χ2n) is 7.89. The molecule has 31 heavy (non-hydrogen) atoms. The lowest BCUT2D eigenvalue weighted by Gasteiger charge is -2.32. The van der Waals surface area contributed by atoms with Crippen molar-refractivity contribution in [2.75, 3.05) is 31.5 Å². The van der Waals surface area contributed by atoms with Crippen LogP contribution < -0.4 is 10.0 Å². The summed E-state index contributed by atoms with van der Waals surface area (Å²) in [4.78, 5) is 14.9. The van der Waals surface area contributed by atoms with Crippen molar-refractivity contribution >= 4 is 44.4 Å². The number of likely N-dealkylation sites (tertiary alicyclic amines) is 1. The predicted octanol–water partition coefficient (Wildman–Crippen LogP) is 2.63. The summed E-state index contributed by atoms with van der Waals surface area (Å²) in [7, 11) is -3.53. The van der Waals surface area contributed by atoms with E-state index in [1.54, 1.807) is 24.3 Å². The van der Waals surface area contributed by atoms with Crippen LogP contribution in [0, 0.1) is 12.8 Å². The van der Waals surface area contributed by atoms with Crippen LogP contribution in [0.2, 0.25) is 0 Å². The number of nitrogens with one attached hydrogen (secondary N) is 2. The minimum Gasteiger partial charge on any atom is -0.323 e. The first kappa shape index (κ1) is 21.8. The number of amides is 1. The number of fused-ring (bicyclic) bond motifs is 1. The molecule has 1 atom stereocenters. The Kier molecular flexibility index (Phi) is 6.61. The van der Waals surface area contributed by atoms with Gasteiger partial charge in [0.1, 0.15) is 11.0 Å². The van der Waals surface area contributed by atoms with Crippen molar-refractivity contribution < 1.29 is 13.2 Å². The average molecular weight is 460 g/mol. The smallest absolute Gasteiger partial charge is 0.240 e. The van der Waals surface area contributed by atoms with Gasteiger partial charge in [0, 0.05) is 13.1 Å². The zero-order chi connectivity index (χ0) is 21.8. The van der Waals surface area contributed by atoms with Gasteiger partial charge in [-0.05, 0) is 56.5 Å². The summed E-state index contributed by atoms with van der Waals surface area (Å²) in [6, 6.07) is 12.3. The molecule has 1 saturated heterocycles. The molecule has 0 saturated carbocycles. The Bertz CT molecular complexity index is 1160. The number of sulfonamides is 1. The molecule has 8 nitrogen and oxygen atoms in total. The fourth-order valence-electron chi connectivity index (χ4n) is 3.79. The van der Waals surface area contributed by atoms with Crippen molar-refractivity contribution in [1.29, 1.82) is 0 Å². The summed E-state index contributed by atoms with van der Waals surface area (Å²) in [6.45, 7) is 4.03. The molecule has 1 aliphatic heterocycles. The molecule has 2 heterocycles. The Morgan fingerprint density at radius 1 is 1.19 bits per heavy atom. The number of aryl methyl sites for hydroxylation is 1. The molecule has 1 unspecified atom stereocenters. The second-order valence-corrected chi connectivity index (χ2v) is 10.2. The third-order valence-corrected chi connectivity index (χ3v) is 7.41. The monoisotopic (exact) mass is 459 g/mol. The molecule has 1 aliphatic rings. The zero-order valence-electron chi connectivity index (χ0n) is 17.2.